The van der Waals surface area contributed by atoms with E-state index in [2.05, 4.69) is 17.2 Å². The van der Waals surface area contributed by atoms with Gasteiger partial charge in [0.25, 0.3) is 5.91 Å². The smallest absolute Gasteiger partial charge is 0.254 e. The molecule has 2 aliphatic rings. The van der Waals surface area contributed by atoms with Gasteiger partial charge in [-0.2, -0.15) is 0 Å². The van der Waals surface area contributed by atoms with E-state index in [1.165, 1.54) is 6.42 Å². The lowest BCUT2D eigenvalue weighted by Crippen LogP contribution is -2.35. The Hall–Kier alpha value is -2.76. The van der Waals surface area contributed by atoms with Crippen molar-refractivity contribution in [3.63, 3.8) is 0 Å². The van der Waals surface area contributed by atoms with E-state index in [1.54, 1.807) is 12.3 Å². The van der Waals surface area contributed by atoms with Crippen LogP contribution in [0, 0.1) is 0 Å². The maximum absolute atomic E-state index is 12.7. The van der Waals surface area contributed by atoms with Crippen LogP contribution in [0.1, 0.15) is 48.1 Å². The van der Waals surface area contributed by atoms with E-state index in [0.717, 1.165) is 43.0 Å². The molecule has 2 aliphatic heterocycles. The lowest BCUT2D eigenvalue weighted by atomic mass is 10.1. The van der Waals surface area contributed by atoms with E-state index < -0.39 is 0 Å². The second-order valence-corrected chi connectivity index (χ2v) is 7.05. The van der Waals surface area contributed by atoms with Gasteiger partial charge in [-0.25, -0.2) is 4.98 Å². The predicted octanol–water partition coefficient (Wildman–Crippen LogP) is 3.65. The summed E-state index contributed by atoms with van der Waals surface area (Å²) in [5, 5.41) is 3.38. The second-order valence-electron chi connectivity index (χ2n) is 7.05. The molecule has 142 valence electrons. The molecule has 1 unspecified atom stereocenters. The average Bonchev–Trinajstić information content (AvgIpc) is 2.73. The SMILES string of the molecule is CC(Nc1cc(C(=O)N2CCCCC2)ccn1)c1ccc2c(c1)OCCO2. The molecule has 1 aromatic carbocycles. The largest absolute Gasteiger partial charge is 0.486 e. The van der Waals surface area contributed by atoms with Crippen LogP contribution in [-0.4, -0.2) is 42.1 Å². The number of nitrogens with one attached hydrogen (secondary N) is 1. The molecule has 1 N–H and O–H groups in total. The van der Waals surface area contributed by atoms with Crippen molar-refractivity contribution >= 4 is 11.7 Å². The van der Waals surface area contributed by atoms with Gasteiger partial charge in [0.15, 0.2) is 11.5 Å². The molecule has 1 aromatic heterocycles. The molecule has 0 aliphatic carbocycles. The zero-order valence-corrected chi connectivity index (χ0v) is 15.6. The first kappa shape index (κ1) is 17.6. The summed E-state index contributed by atoms with van der Waals surface area (Å²) >= 11 is 0. The van der Waals surface area contributed by atoms with Crippen LogP contribution in [-0.2, 0) is 0 Å². The molecule has 4 rings (SSSR count). The number of carbonyl (C=O) groups is 1. The Balaban J connectivity index is 1.47. The van der Waals surface area contributed by atoms with Gasteiger partial charge in [0.1, 0.15) is 19.0 Å². The molecule has 6 nitrogen and oxygen atoms in total. The van der Waals surface area contributed by atoms with Crippen molar-refractivity contribution in [2.24, 2.45) is 0 Å². The van der Waals surface area contributed by atoms with E-state index >= 15 is 0 Å². The van der Waals surface area contributed by atoms with E-state index in [9.17, 15) is 4.79 Å². The van der Waals surface area contributed by atoms with Crippen molar-refractivity contribution in [1.29, 1.82) is 0 Å². The summed E-state index contributed by atoms with van der Waals surface area (Å²) in [6, 6.07) is 9.60. The number of benzene rings is 1. The minimum absolute atomic E-state index is 0.0219. The van der Waals surface area contributed by atoms with Gasteiger partial charge in [-0.05, 0) is 56.0 Å². The van der Waals surface area contributed by atoms with E-state index in [-0.39, 0.29) is 11.9 Å². The highest BCUT2D eigenvalue weighted by atomic mass is 16.6. The van der Waals surface area contributed by atoms with Crippen LogP contribution in [0.5, 0.6) is 11.5 Å². The Morgan fingerprint density at radius 2 is 1.85 bits per heavy atom. The molecule has 0 saturated carbocycles. The molecule has 2 aromatic rings. The maximum Gasteiger partial charge on any atom is 0.254 e. The molecule has 0 bridgehead atoms. The van der Waals surface area contributed by atoms with Crippen LogP contribution in [0.4, 0.5) is 5.82 Å². The number of piperidine rings is 1. The van der Waals surface area contributed by atoms with Crippen molar-refractivity contribution in [2.75, 3.05) is 31.6 Å². The number of rotatable bonds is 4. The molecule has 1 fully saturated rings. The van der Waals surface area contributed by atoms with E-state index in [1.807, 2.05) is 29.2 Å². The summed E-state index contributed by atoms with van der Waals surface area (Å²) in [5.74, 6) is 2.34. The van der Waals surface area contributed by atoms with Crippen molar-refractivity contribution < 1.29 is 14.3 Å². The molecule has 0 spiro atoms. The molecular weight excluding hydrogens is 342 g/mol. The number of nitrogens with zero attached hydrogens (tertiary/aromatic N) is 2. The zero-order chi connectivity index (χ0) is 18.6. The average molecular weight is 367 g/mol. The first-order chi connectivity index (χ1) is 13.2. The summed E-state index contributed by atoms with van der Waals surface area (Å²) in [7, 11) is 0. The summed E-state index contributed by atoms with van der Waals surface area (Å²) in [5.41, 5.74) is 1.76. The monoisotopic (exact) mass is 367 g/mol. The minimum Gasteiger partial charge on any atom is -0.486 e. The lowest BCUT2D eigenvalue weighted by molar-refractivity contribution is 0.0724. The number of hydrogen-bond donors (Lipinski definition) is 1. The highest BCUT2D eigenvalue weighted by molar-refractivity contribution is 5.94. The molecule has 1 saturated heterocycles. The fourth-order valence-electron chi connectivity index (χ4n) is 3.56. The van der Waals surface area contributed by atoms with Gasteiger partial charge in [0, 0.05) is 24.8 Å². The summed E-state index contributed by atoms with van der Waals surface area (Å²) in [6.45, 7) is 4.91. The summed E-state index contributed by atoms with van der Waals surface area (Å²) < 4.78 is 11.2. The number of anilines is 1. The van der Waals surface area contributed by atoms with Crippen LogP contribution in [0.25, 0.3) is 0 Å². The molecule has 6 heteroatoms. The van der Waals surface area contributed by atoms with Crippen molar-refractivity contribution in [1.82, 2.24) is 9.88 Å². The fraction of sp³-hybridized carbons (Fsp3) is 0.429. The van der Waals surface area contributed by atoms with Gasteiger partial charge < -0.3 is 19.7 Å². The topological polar surface area (TPSA) is 63.7 Å². The van der Waals surface area contributed by atoms with Crippen LogP contribution in [0.15, 0.2) is 36.5 Å². The number of carbonyl (C=O) groups excluding carboxylic acids is 1. The zero-order valence-electron chi connectivity index (χ0n) is 15.6. The van der Waals surface area contributed by atoms with Gasteiger partial charge in [0.05, 0.1) is 6.04 Å². The van der Waals surface area contributed by atoms with Crippen LogP contribution in [0.3, 0.4) is 0 Å². The Kier molecular flexibility index (Phi) is 5.14. The molecular formula is C21H25N3O3. The maximum atomic E-state index is 12.7. The van der Waals surface area contributed by atoms with Gasteiger partial charge in [-0.15, -0.1) is 0 Å². The number of pyridine rings is 1. The number of ether oxygens (including phenoxy) is 2. The third-order valence-electron chi connectivity index (χ3n) is 5.08. The second kappa shape index (κ2) is 7.86. The standard InChI is InChI=1S/C21H25N3O3/c1-15(16-5-6-18-19(13-16)27-12-11-26-18)23-20-14-17(7-8-22-20)21(25)24-9-3-2-4-10-24/h5-8,13-15H,2-4,9-12H2,1H3,(H,22,23). The first-order valence-corrected chi connectivity index (χ1v) is 9.62. The predicted molar refractivity (Wildman–Crippen MR) is 103 cm³/mol. The number of aromatic nitrogens is 1. The Morgan fingerprint density at radius 1 is 1.07 bits per heavy atom. The Bertz CT molecular complexity index is 818. The normalized spacial score (nSPS) is 17.3. The fourth-order valence-corrected chi connectivity index (χ4v) is 3.56. The summed E-state index contributed by atoms with van der Waals surface area (Å²) in [6.07, 6.45) is 5.07. The Labute approximate surface area is 159 Å². The van der Waals surface area contributed by atoms with Crippen molar-refractivity contribution in [2.45, 2.75) is 32.2 Å². The van der Waals surface area contributed by atoms with Crippen molar-refractivity contribution in [3.8, 4) is 11.5 Å². The highest BCUT2D eigenvalue weighted by Gasteiger charge is 2.19. The van der Waals surface area contributed by atoms with Crippen LogP contribution >= 0.6 is 0 Å². The molecule has 0 radical (unpaired) electrons. The molecule has 27 heavy (non-hydrogen) atoms. The molecule has 1 atom stereocenters. The summed E-state index contributed by atoms with van der Waals surface area (Å²) in [4.78, 5) is 19.0. The van der Waals surface area contributed by atoms with Gasteiger partial charge in [-0.1, -0.05) is 6.07 Å². The highest BCUT2D eigenvalue weighted by Crippen LogP contribution is 2.33. The third kappa shape index (κ3) is 3.99. The van der Waals surface area contributed by atoms with Crippen LogP contribution < -0.4 is 14.8 Å². The third-order valence-corrected chi connectivity index (χ3v) is 5.08. The first-order valence-electron chi connectivity index (χ1n) is 9.62. The molecule has 1 amide bonds. The van der Waals surface area contributed by atoms with Crippen molar-refractivity contribution in [3.05, 3.63) is 47.7 Å². The van der Waals surface area contributed by atoms with Gasteiger partial charge in [-0.3, -0.25) is 4.79 Å². The lowest BCUT2D eigenvalue weighted by Gasteiger charge is -2.27. The molecule has 3 heterocycles. The number of fused-ring (bicyclic) bond motifs is 1. The van der Waals surface area contributed by atoms with Crippen LogP contribution in [0.2, 0.25) is 0 Å². The number of amides is 1. The quantitative estimate of drug-likeness (QED) is 0.894. The van der Waals surface area contributed by atoms with E-state index in [4.69, 9.17) is 9.47 Å². The minimum atomic E-state index is 0.0219. The van der Waals surface area contributed by atoms with E-state index in [0.29, 0.717) is 24.6 Å². The Morgan fingerprint density at radius 3 is 2.67 bits per heavy atom. The number of hydrogen-bond acceptors (Lipinski definition) is 5. The number of likely N-dealkylation sites (tertiary alicyclic amines) is 1. The van der Waals surface area contributed by atoms with Gasteiger partial charge >= 0.3 is 0 Å². The van der Waals surface area contributed by atoms with Gasteiger partial charge in [0.2, 0.25) is 0 Å².